The van der Waals surface area contributed by atoms with E-state index in [2.05, 4.69) is 51.4 Å². The van der Waals surface area contributed by atoms with Gasteiger partial charge in [-0.25, -0.2) is 4.39 Å². The van der Waals surface area contributed by atoms with Crippen molar-refractivity contribution in [2.24, 2.45) is 0 Å². The molecule has 4 heterocycles. The number of ether oxygens (including phenoxy) is 1. The molecule has 2 atom stereocenters. The number of H-pyrrole nitrogens is 1. The Balaban J connectivity index is 1.32. The minimum Gasteiger partial charge on any atom is -0.494 e. The van der Waals surface area contributed by atoms with Crippen molar-refractivity contribution in [1.82, 2.24) is 14.9 Å². The molecule has 5 heteroatoms. The lowest BCUT2D eigenvalue weighted by Gasteiger charge is -2.28. The van der Waals surface area contributed by atoms with E-state index < -0.39 is 0 Å². The molecular formula is C31H30FN3O. The summed E-state index contributed by atoms with van der Waals surface area (Å²) in [6.07, 6.45) is 10.4. The molecule has 36 heavy (non-hydrogen) atoms. The van der Waals surface area contributed by atoms with Gasteiger partial charge in [-0.1, -0.05) is 18.2 Å². The summed E-state index contributed by atoms with van der Waals surface area (Å²) in [6.45, 7) is 4.85. The molecule has 2 aromatic carbocycles. The van der Waals surface area contributed by atoms with Crippen LogP contribution in [0.15, 0.2) is 85.3 Å². The van der Waals surface area contributed by atoms with E-state index in [1.807, 2.05) is 43.6 Å². The van der Waals surface area contributed by atoms with Crippen LogP contribution in [0, 0.1) is 5.82 Å². The number of aromatic amines is 1. The van der Waals surface area contributed by atoms with Crippen molar-refractivity contribution >= 4 is 5.57 Å². The number of rotatable bonds is 6. The molecule has 0 saturated carbocycles. The predicted molar refractivity (Wildman–Crippen MR) is 142 cm³/mol. The first-order valence-corrected chi connectivity index (χ1v) is 12.7. The van der Waals surface area contributed by atoms with Crippen LogP contribution < -0.4 is 4.74 Å². The average Bonchev–Trinajstić information content (AvgIpc) is 3.55. The molecule has 2 aromatic heterocycles. The van der Waals surface area contributed by atoms with E-state index in [1.54, 1.807) is 0 Å². The summed E-state index contributed by atoms with van der Waals surface area (Å²) in [4.78, 5) is 10.3. The van der Waals surface area contributed by atoms with E-state index in [4.69, 9.17) is 4.74 Å². The van der Waals surface area contributed by atoms with Crippen molar-refractivity contribution in [3.63, 3.8) is 0 Å². The minimum absolute atomic E-state index is 0.227. The van der Waals surface area contributed by atoms with Gasteiger partial charge in [0.05, 0.1) is 12.3 Å². The Morgan fingerprint density at radius 1 is 1.00 bits per heavy atom. The van der Waals surface area contributed by atoms with Crippen LogP contribution in [-0.4, -0.2) is 40.6 Å². The predicted octanol–water partition coefficient (Wildman–Crippen LogP) is 6.93. The van der Waals surface area contributed by atoms with Crippen molar-refractivity contribution in [3.05, 3.63) is 102 Å². The Morgan fingerprint density at radius 2 is 1.78 bits per heavy atom. The number of halogens is 1. The van der Waals surface area contributed by atoms with Gasteiger partial charge < -0.3 is 9.72 Å². The van der Waals surface area contributed by atoms with Crippen molar-refractivity contribution < 1.29 is 9.13 Å². The molecule has 4 nitrogen and oxygen atoms in total. The lowest BCUT2D eigenvalue weighted by molar-refractivity contribution is 0.286. The topological polar surface area (TPSA) is 41.1 Å². The number of nitrogens with zero attached hydrogens (tertiary/aromatic N) is 2. The summed E-state index contributed by atoms with van der Waals surface area (Å²) >= 11 is 0. The Hall–Kier alpha value is -3.70. The molecule has 2 aliphatic heterocycles. The molecule has 0 spiro atoms. The molecule has 0 aliphatic carbocycles. The number of hydrogen-bond donors (Lipinski definition) is 1. The number of aromatic nitrogens is 2. The summed E-state index contributed by atoms with van der Waals surface area (Å²) in [5, 5.41) is 0. The fraction of sp³-hybridized carbons (Fsp3) is 0.258. The number of hydrogen-bond acceptors (Lipinski definition) is 3. The van der Waals surface area contributed by atoms with Crippen molar-refractivity contribution in [2.45, 2.75) is 31.7 Å². The van der Waals surface area contributed by atoms with Crippen molar-refractivity contribution in [3.8, 4) is 28.1 Å². The van der Waals surface area contributed by atoms with E-state index >= 15 is 0 Å². The summed E-state index contributed by atoms with van der Waals surface area (Å²) < 4.78 is 19.2. The molecule has 2 aliphatic rings. The highest BCUT2D eigenvalue weighted by Crippen LogP contribution is 2.42. The smallest absolute Gasteiger partial charge is 0.123 e. The van der Waals surface area contributed by atoms with Gasteiger partial charge in [0.1, 0.15) is 11.6 Å². The largest absolute Gasteiger partial charge is 0.494 e. The Kier molecular flexibility index (Phi) is 6.16. The van der Waals surface area contributed by atoms with Gasteiger partial charge in [-0.05, 0) is 96.5 Å². The van der Waals surface area contributed by atoms with E-state index in [0.717, 1.165) is 54.1 Å². The molecule has 6 rings (SSSR count). The standard InChI is InChI=1S/C31H30FN3O/c1-2-36-28-9-5-21(6-10-28)25-18-27-17-24(13-16-35(27)20-25)29-19-34-31(23-3-7-26(32)8-4-23)30(29)22-11-14-33-15-12-22/h3-12,14-15,17,19,25,27,34H,2,13,16,18,20H2,1H3/t25-,27-/m1/s1. The van der Waals surface area contributed by atoms with Gasteiger partial charge in [-0.3, -0.25) is 9.88 Å². The van der Waals surface area contributed by atoms with E-state index in [0.29, 0.717) is 18.6 Å². The number of fused-ring (bicyclic) bond motifs is 1. The third-order valence-corrected chi connectivity index (χ3v) is 7.50. The molecule has 0 bridgehead atoms. The summed E-state index contributed by atoms with van der Waals surface area (Å²) in [5.74, 6) is 1.24. The quantitative estimate of drug-likeness (QED) is 0.326. The van der Waals surface area contributed by atoms with Crippen molar-refractivity contribution in [1.29, 1.82) is 0 Å². The molecule has 4 aromatic rings. The lowest BCUT2D eigenvalue weighted by Crippen LogP contribution is -2.32. The van der Waals surface area contributed by atoms with Crippen LogP contribution in [0.5, 0.6) is 5.75 Å². The Morgan fingerprint density at radius 3 is 2.53 bits per heavy atom. The maximum atomic E-state index is 13.6. The monoisotopic (exact) mass is 479 g/mol. The van der Waals surface area contributed by atoms with Gasteiger partial charge in [0, 0.05) is 48.8 Å². The number of nitrogens with one attached hydrogen (secondary N) is 1. The SMILES string of the molecule is CCOc1ccc([C@@H]2C[C@H]3C=C(c4c[nH]c(-c5ccc(F)cc5)c4-c4ccncc4)CCN3C2)cc1. The second-order valence-electron chi connectivity index (χ2n) is 9.63. The first-order chi connectivity index (χ1) is 17.7. The summed E-state index contributed by atoms with van der Waals surface area (Å²) in [7, 11) is 0. The fourth-order valence-corrected chi connectivity index (χ4v) is 5.75. The molecule has 182 valence electrons. The van der Waals surface area contributed by atoms with Crippen LogP contribution in [0.2, 0.25) is 0 Å². The third kappa shape index (κ3) is 4.35. The van der Waals surface area contributed by atoms with Gasteiger partial charge in [0.25, 0.3) is 0 Å². The fourth-order valence-electron chi connectivity index (χ4n) is 5.75. The summed E-state index contributed by atoms with van der Waals surface area (Å²) in [6, 6.07) is 19.9. The van der Waals surface area contributed by atoms with Gasteiger partial charge in [-0.2, -0.15) is 0 Å². The van der Waals surface area contributed by atoms with Crippen LogP contribution in [0.3, 0.4) is 0 Å². The van der Waals surface area contributed by atoms with E-state index in [9.17, 15) is 4.39 Å². The highest BCUT2D eigenvalue weighted by molar-refractivity contribution is 5.91. The van der Waals surface area contributed by atoms with Crippen LogP contribution in [0.25, 0.3) is 28.0 Å². The molecule has 0 unspecified atom stereocenters. The van der Waals surface area contributed by atoms with Crippen LogP contribution in [0.1, 0.15) is 36.8 Å². The van der Waals surface area contributed by atoms with Crippen LogP contribution in [0.4, 0.5) is 4.39 Å². The Labute approximate surface area is 211 Å². The maximum absolute atomic E-state index is 13.6. The van der Waals surface area contributed by atoms with Crippen molar-refractivity contribution in [2.75, 3.05) is 19.7 Å². The minimum atomic E-state index is -0.227. The van der Waals surface area contributed by atoms with Crippen LogP contribution in [-0.2, 0) is 0 Å². The third-order valence-electron chi connectivity index (χ3n) is 7.50. The normalized spacial score (nSPS) is 19.7. The maximum Gasteiger partial charge on any atom is 0.123 e. The molecule has 0 amide bonds. The van der Waals surface area contributed by atoms with Gasteiger partial charge >= 0.3 is 0 Å². The number of pyridine rings is 1. The highest BCUT2D eigenvalue weighted by Gasteiger charge is 2.34. The first kappa shape index (κ1) is 22.7. The molecule has 1 saturated heterocycles. The van der Waals surface area contributed by atoms with Gasteiger partial charge in [-0.15, -0.1) is 0 Å². The molecular weight excluding hydrogens is 449 g/mol. The highest BCUT2D eigenvalue weighted by atomic mass is 19.1. The van der Waals surface area contributed by atoms with Crippen LogP contribution >= 0.6 is 0 Å². The van der Waals surface area contributed by atoms with Gasteiger partial charge in [0.2, 0.25) is 0 Å². The number of benzene rings is 2. The summed E-state index contributed by atoms with van der Waals surface area (Å²) in [5.41, 5.74) is 8.25. The zero-order valence-corrected chi connectivity index (χ0v) is 20.5. The Bertz CT molecular complexity index is 1360. The molecule has 1 fully saturated rings. The zero-order chi connectivity index (χ0) is 24.5. The molecule has 1 N–H and O–H groups in total. The second kappa shape index (κ2) is 9.75. The molecule has 0 radical (unpaired) electrons. The lowest BCUT2D eigenvalue weighted by atomic mass is 9.90. The van der Waals surface area contributed by atoms with Gasteiger partial charge in [0.15, 0.2) is 0 Å². The second-order valence-corrected chi connectivity index (χ2v) is 9.63. The first-order valence-electron chi connectivity index (χ1n) is 12.7. The average molecular weight is 480 g/mol. The van der Waals surface area contributed by atoms with E-state index in [-0.39, 0.29) is 5.82 Å². The zero-order valence-electron chi connectivity index (χ0n) is 20.5. The van der Waals surface area contributed by atoms with E-state index in [1.165, 1.54) is 28.8 Å².